The predicted molar refractivity (Wildman–Crippen MR) is 79.9 cm³/mol. The Hall–Kier alpha value is -1.95. The summed E-state index contributed by atoms with van der Waals surface area (Å²) in [6.45, 7) is -0.597. The van der Waals surface area contributed by atoms with Crippen molar-refractivity contribution in [3.05, 3.63) is 30.6 Å². The molecule has 11 nitrogen and oxygen atoms in total. The average molecular weight is 391 g/mol. The zero-order chi connectivity index (χ0) is 19.1. The fourth-order valence-corrected chi connectivity index (χ4v) is 3.55. The maximum absolute atomic E-state index is 13.4. The minimum absolute atomic E-state index is 0.597. The first-order valence-electron chi connectivity index (χ1n) is 7.41. The molecule has 3 unspecified atom stereocenters. The van der Waals surface area contributed by atoms with Crippen molar-refractivity contribution in [2.24, 2.45) is 5.92 Å². The maximum Gasteiger partial charge on any atom is 0.437 e. The van der Waals surface area contributed by atoms with E-state index in [0.717, 1.165) is 10.7 Å². The summed E-state index contributed by atoms with van der Waals surface area (Å²) in [6, 6.07) is 0. The molecular weight excluding hydrogens is 376 g/mol. The fourth-order valence-electron chi connectivity index (χ4n) is 2.66. The van der Waals surface area contributed by atoms with Gasteiger partial charge >= 0.3 is 7.75 Å². The third kappa shape index (κ3) is 3.47. The van der Waals surface area contributed by atoms with Crippen LogP contribution in [-0.2, 0) is 23.4 Å². The number of nitrogens with zero attached hydrogens (tertiary/aromatic N) is 2. The molecule has 1 saturated heterocycles. The SMILES string of the molecule is O=C1NC(=O)C(C2O[C@H](COP(=O)(O)n3ccnc3)[C@@H](O)[C@H]2O)C=C1F. The van der Waals surface area contributed by atoms with Gasteiger partial charge in [-0.25, -0.2) is 18.3 Å². The molecule has 0 spiro atoms. The number of carbonyl (C=O) groups excluding carboxylic acids is 2. The molecular formula is C13H15FN3O8P. The van der Waals surface area contributed by atoms with Crippen molar-refractivity contribution in [2.45, 2.75) is 24.4 Å². The zero-order valence-electron chi connectivity index (χ0n) is 13.0. The molecule has 13 heteroatoms. The van der Waals surface area contributed by atoms with E-state index < -0.39 is 62.3 Å². The number of aromatic nitrogens is 2. The van der Waals surface area contributed by atoms with E-state index in [1.807, 2.05) is 0 Å². The molecule has 0 radical (unpaired) electrons. The van der Waals surface area contributed by atoms with Gasteiger partial charge in [0.05, 0.1) is 12.5 Å². The summed E-state index contributed by atoms with van der Waals surface area (Å²) < 4.78 is 36.5. The number of aliphatic hydroxyl groups excluding tert-OH is 2. The van der Waals surface area contributed by atoms with E-state index in [-0.39, 0.29) is 0 Å². The molecule has 2 aliphatic heterocycles. The molecule has 142 valence electrons. The van der Waals surface area contributed by atoms with Crippen LogP contribution in [0.25, 0.3) is 0 Å². The molecule has 1 fully saturated rings. The van der Waals surface area contributed by atoms with Crippen LogP contribution in [0, 0.1) is 5.92 Å². The largest absolute Gasteiger partial charge is 0.437 e. The monoisotopic (exact) mass is 391 g/mol. The summed E-state index contributed by atoms with van der Waals surface area (Å²) >= 11 is 0. The predicted octanol–water partition coefficient (Wildman–Crippen LogP) is -1.54. The van der Waals surface area contributed by atoms with E-state index in [2.05, 4.69) is 4.98 Å². The number of carbonyl (C=O) groups is 2. The highest BCUT2D eigenvalue weighted by molar-refractivity contribution is 7.51. The molecule has 26 heavy (non-hydrogen) atoms. The number of imidazole rings is 1. The van der Waals surface area contributed by atoms with Gasteiger partial charge in [-0.2, -0.15) is 0 Å². The highest BCUT2D eigenvalue weighted by Crippen LogP contribution is 2.44. The minimum atomic E-state index is -4.29. The summed E-state index contributed by atoms with van der Waals surface area (Å²) in [5.41, 5.74) is 0. The van der Waals surface area contributed by atoms with Crippen LogP contribution < -0.4 is 5.32 Å². The molecule has 2 amide bonds. The lowest BCUT2D eigenvalue weighted by Crippen LogP contribution is -2.47. The molecule has 0 bridgehead atoms. The topological polar surface area (TPSA) is 160 Å². The van der Waals surface area contributed by atoms with Crippen molar-refractivity contribution in [1.82, 2.24) is 14.6 Å². The van der Waals surface area contributed by atoms with Gasteiger partial charge in [0.1, 0.15) is 30.7 Å². The number of amides is 2. The van der Waals surface area contributed by atoms with Crippen LogP contribution in [0.5, 0.6) is 0 Å². The van der Waals surface area contributed by atoms with Gasteiger partial charge < -0.3 is 19.8 Å². The third-order valence-corrected chi connectivity index (χ3v) is 5.33. The van der Waals surface area contributed by atoms with E-state index >= 15 is 0 Å². The maximum atomic E-state index is 13.4. The second-order valence-corrected chi connectivity index (χ2v) is 7.41. The number of halogens is 1. The van der Waals surface area contributed by atoms with Crippen LogP contribution in [-0.4, -0.2) is 67.3 Å². The number of imide groups is 1. The summed E-state index contributed by atoms with van der Waals surface area (Å²) in [5.74, 6) is -4.70. The molecule has 0 saturated carbocycles. The molecule has 0 aromatic carbocycles. The third-order valence-electron chi connectivity index (χ3n) is 4.02. The average Bonchev–Trinajstić information content (AvgIpc) is 3.21. The second-order valence-electron chi connectivity index (χ2n) is 5.71. The lowest BCUT2D eigenvalue weighted by molar-refractivity contribution is -0.137. The quantitative estimate of drug-likeness (QED) is 0.345. The Morgan fingerprint density at radius 2 is 2.12 bits per heavy atom. The van der Waals surface area contributed by atoms with E-state index in [4.69, 9.17) is 9.26 Å². The Kier molecular flexibility index (Phi) is 5.06. The first-order chi connectivity index (χ1) is 12.2. The van der Waals surface area contributed by atoms with E-state index in [1.165, 1.54) is 12.4 Å². The number of hydrogen-bond donors (Lipinski definition) is 4. The van der Waals surface area contributed by atoms with Gasteiger partial charge in [0.2, 0.25) is 5.91 Å². The highest BCUT2D eigenvalue weighted by atomic mass is 31.2. The summed E-state index contributed by atoms with van der Waals surface area (Å²) in [5, 5.41) is 21.9. The normalized spacial score (nSPS) is 34.3. The molecule has 3 rings (SSSR count). The number of rotatable bonds is 5. The number of ether oxygens (including phenoxy) is 1. The van der Waals surface area contributed by atoms with Gasteiger partial charge in [0, 0.05) is 12.4 Å². The highest BCUT2D eigenvalue weighted by Gasteiger charge is 2.49. The van der Waals surface area contributed by atoms with Crippen molar-refractivity contribution in [3.63, 3.8) is 0 Å². The Morgan fingerprint density at radius 1 is 1.38 bits per heavy atom. The van der Waals surface area contributed by atoms with Crippen LogP contribution in [0.3, 0.4) is 0 Å². The van der Waals surface area contributed by atoms with Crippen LogP contribution >= 0.6 is 7.75 Å². The summed E-state index contributed by atoms with van der Waals surface area (Å²) in [7, 11) is -4.29. The Labute approximate surface area is 145 Å². The summed E-state index contributed by atoms with van der Waals surface area (Å²) in [6.07, 6.45) is -1.61. The van der Waals surface area contributed by atoms with Gasteiger partial charge in [-0.05, 0) is 6.08 Å². The van der Waals surface area contributed by atoms with Crippen molar-refractivity contribution in [2.75, 3.05) is 6.61 Å². The van der Waals surface area contributed by atoms with Gasteiger partial charge in [-0.3, -0.25) is 19.4 Å². The van der Waals surface area contributed by atoms with Crippen LogP contribution in [0.1, 0.15) is 0 Å². The number of aliphatic hydroxyl groups is 2. The first-order valence-corrected chi connectivity index (χ1v) is 8.94. The number of hydrogen-bond acceptors (Lipinski definition) is 8. The molecule has 6 atom stereocenters. The van der Waals surface area contributed by atoms with Crippen LogP contribution in [0.15, 0.2) is 30.6 Å². The molecule has 0 aliphatic carbocycles. The van der Waals surface area contributed by atoms with Gasteiger partial charge in [-0.1, -0.05) is 0 Å². The molecule has 1 aromatic heterocycles. The summed E-state index contributed by atoms with van der Waals surface area (Å²) in [4.78, 5) is 36.3. The van der Waals surface area contributed by atoms with Crippen LogP contribution in [0.2, 0.25) is 0 Å². The van der Waals surface area contributed by atoms with Crippen molar-refractivity contribution < 1.29 is 42.9 Å². The Balaban J connectivity index is 1.69. The fraction of sp³-hybridized carbons (Fsp3) is 0.462. The van der Waals surface area contributed by atoms with Crippen molar-refractivity contribution >= 4 is 19.6 Å². The smallest absolute Gasteiger partial charge is 0.388 e. The molecule has 2 aliphatic rings. The minimum Gasteiger partial charge on any atom is -0.388 e. The van der Waals surface area contributed by atoms with Gasteiger partial charge in [-0.15, -0.1) is 0 Å². The second kappa shape index (κ2) is 6.99. The van der Waals surface area contributed by atoms with Crippen molar-refractivity contribution in [1.29, 1.82) is 0 Å². The lowest BCUT2D eigenvalue weighted by atomic mass is 9.93. The van der Waals surface area contributed by atoms with Crippen LogP contribution in [0.4, 0.5) is 4.39 Å². The first kappa shape index (κ1) is 18.8. The van der Waals surface area contributed by atoms with E-state index in [1.54, 1.807) is 5.32 Å². The van der Waals surface area contributed by atoms with Gasteiger partial charge in [0.15, 0.2) is 5.83 Å². The molecule has 4 N–H and O–H groups in total. The standard InChI is InChI=1S/C13H15FN3O8P/c14-7-3-6(12(20)16-13(7)21)11-10(19)9(18)8(25-11)4-24-26(22,23)17-2-1-15-5-17/h1-3,5-6,8-11,18-19H,4H2,(H,22,23)(H,16,20,21)/t6?,8-,9-,10-,11?/m1/s1. The molecule has 1 aromatic rings. The Morgan fingerprint density at radius 3 is 2.77 bits per heavy atom. The lowest BCUT2D eigenvalue weighted by Gasteiger charge is -2.24. The van der Waals surface area contributed by atoms with E-state index in [0.29, 0.717) is 6.08 Å². The van der Waals surface area contributed by atoms with Crippen molar-refractivity contribution in [3.8, 4) is 0 Å². The zero-order valence-corrected chi connectivity index (χ0v) is 13.9. The van der Waals surface area contributed by atoms with E-state index in [9.17, 15) is 33.7 Å². The number of nitrogens with one attached hydrogen (secondary N) is 1. The molecule has 3 heterocycles. The Bertz CT molecular complexity index is 784. The van der Waals surface area contributed by atoms with Gasteiger partial charge in [0.25, 0.3) is 5.91 Å².